The molecule has 0 unspecified atom stereocenters. The molecule has 3 heterocycles. The summed E-state index contributed by atoms with van der Waals surface area (Å²) in [5.74, 6) is 0.404. The molecule has 7 nitrogen and oxygen atoms in total. The van der Waals surface area contributed by atoms with Crippen LogP contribution in [0.2, 0.25) is 0 Å². The maximum Gasteiger partial charge on any atom is 0.213 e. The second-order valence-electron chi connectivity index (χ2n) is 10.0. The minimum atomic E-state index is -0.542. The van der Waals surface area contributed by atoms with E-state index in [0.29, 0.717) is 41.7 Å². The second-order valence-corrected chi connectivity index (χ2v) is 10.0. The van der Waals surface area contributed by atoms with Gasteiger partial charge < -0.3 is 19.6 Å². The van der Waals surface area contributed by atoms with Gasteiger partial charge in [0, 0.05) is 42.3 Å². The minimum Gasteiger partial charge on any atom is -0.491 e. The Morgan fingerprint density at radius 3 is 2.57 bits per heavy atom. The van der Waals surface area contributed by atoms with Crippen molar-refractivity contribution in [1.82, 2.24) is 14.1 Å². The topological polar surface area (TPSA) is 98.9 Å². The highest BCUT2D eigenvalue weighted by molar-refractivity contribution is 6.03. The summed E-state index contributed by atoms with van der Waals surface area (Å²) >= 11 is 0. The molecule has 0 bridgehead atoms. The number of hydrogen-bond donors (Lipinski definition) is 2. The Bertz CT molecular complexity index is 1320. The average Bonchev–Trinajstić information content (AvgIpc) is 3.14. The van der Waals surface area contributed by atoms with Crippen LogP contribution in [0.1, 0.15) is 53.7 Å². The highest BCUT2D eigenvalue weighted by Crippen LogP contribution is 2.41. The van der Waals surface area contributed by atoms with Crippen molar-refractivity contribution in [2.24, 2.45) is 24.6 Å². The number of ether oxygens (including phenoxy) is 1. The molecule has 35 heavy (non-hydrogen) atoms. The van der Waals surface area contributed by atoms with Crippen molar-refractivity contribution >= 4 is 5.78 Å². The number of fused-ring (bicyclic) bond motifs is 1. The summed E-state index contributed by atoms with van der Waals surface area (Å²) in [4.78, 5) is 17.7. The molecular formula is C27H32FN5O2. The Kier molecular flexibility index (Phi) is 6.32. The van der Waals surface area contributed by atoms with Crippen LogP contribution in [0, 0.1) is 30.1 Å². The first-order valence-corrected chi connectivity index (χ1v) is 12.3. The Balaban J connectivity index is 1.53. The molecule has 2 aromatic heterocycles. The Hall–Kier alpha value is -3.26. The number of Topliss-reactive ketones (excluding diaryl/α,β-unsaturated/α-hetero) is 1. The van der Waals surface area contributed by atoms with Crippen molar-refractivity contribution in [2.45, 2.75) is 51.6 Å². The van der Waals surface area contributed by atoms with Crippen LogP contribution in [0.4, 0.5) is 4.39 Å². The molecule has 0 radical (unpaired) electrons. The molecule has 184 valence electrons. The van der Waals surface area contributed by atoms with Crippen molar-refractivity contribution in [3.8, 4) is 16.9 Å². The van der Waals surface area contributed by atoms with Gasteiger partial charge in [-0.25, -0.2) is 4.98 Å². The third kappa shape index (κ3) is 4.67. The van der Waals surface area contributed by atoms with Crippen molar-refractivity contribution in [3.05, 3.63) is 65.0 Å². The molecular weight excluding hydrogens is 445 g/mol. The molecule has 5 rings (SSSR count). The quantitative estimate of drug-likeness (QED) is 0.544. The summed E-state index contributed by atoms with van der Waals surface area (Å²) in [5.41, 5.74) is 9.89. The lowest BCUT2D eigenvalue weighted by molar-refractivity contribution is 0.0786. The summed E-state index contributed by atoms with van der Waals surface area (Å²) < 4.78 is 23.6. The molecule has 0 amide bonds. The van der Waals surface area contributed by atoms with Gasteiger partial charge in [-0.05, 0) is 74.8 Å². The number of nitrogens with two attached hydrogens (primary N) is 1. The van der Waals surface area contributed by atoms with Gasteiger partial charge in [0.1, 0.15) is 5.75 Å². The van der Waals surface area contributed by atoms with Crippen LogP contribution in [0.15, 0.2) is 36.7 Å². The van der Waals surface area contributed by atoms with E-state index < -0.39 is 5.95 Å². The summed E-state index contributed by atoms with van der Waals surface area (Å²) in [6.07, 6.45) is 8.62. The van der Waals surface area contributed by atoms with E-state index in [-0.39, 0.29) is 17.7 Å². The summed E-state index contributed by atoms with van der Waals surface area (Å²) in [7, 11) is 1.82. The standard InChI is InChI=1S/C27H32FN5O2/c1-16-21(7-8-24(28)31-16)22-12-18(14-33-10-9-32(2)27(33)30)13-23-25(34)19(15-35-26(22)23)11-17-3-5-20(29)6-4-17/h7-10,12-13,17,19-20,30H,3-6,11,14-15,29H2,1-2H3/t17?,19-,20?/m0/s1. The second kappa shape index (κ2) is 9.41. The number of imidazole rings is 1. The van der Waals surface area contributed by atoms with Gasteiger partial charge in [0.15, 0.2) is 5.78 Å². The first-order valence-electron chi connectivity index (χ1n) is 12.3. The number of nitrogens with one attached hydrogen (secondary N) is 1. The fraction of sp³-hybridized carbons (Fsp3) is 0.444. The molecule has 1 saturated carbocycles. The van der Waals surface area contributed by atoms with Crippen LogP contribution in [-0.4, -0.2) is 32.6 Å². The zero-order chi connectivity index (χ0) is 24.7. The number of aromatic nitrogens is 3. The number of nitrogens with zero attached hydrogens (tertiary/aromatic N) is 3. The number of hydrogen-bond acceptors (Lipinski definition) is 5. The van der Waals surface area contributed by atoms with Crippen LogP contribution >= 0.6 is 0 Å². The maximum atomic E-state index is 13.7. The van der Waals surface area contributed by atoms with Gasteiger partial charge in [-0.1, -0.05) is 0 Å². The van der Waals surface area contributed by atoms with Crippen molar-refractivity contribution in [3.63, 3.8) is 0 Å². The fourth-order valence-electron chi connectivity index (χ4n) is 5.46. The normalized spacial score (nSPS) is 22.1. The van der Waals surface area contributed by atoms with Gasteiger partial charge in [0.2, 0.25) is 11.6 Å². The van der Waals surface area contributed by atoms with Gasteiger partial charge in [0.25, 0.3) is 0 Å². The number of halogens is 1. The lowest BCUT2D eigenvalue weighted by Crippen LogP contribution is -2.33. The summed E-state index contributed by atoms with van der Waals surface area (Å²) in [6, 6.07) is 7.16. The molecule has 8 heteroatoms. The molecule has 3 aromatic rings. The Morgan fingerprint density at radius 1 is 1.14 bits per heavy atom. The van der Waals surface area contributed by atoms with E-state index >= 15 is 0 Å². The van der Waals surface area contributed by atoms with Gasteiger partial charge in [-0.15, -0.1) is 0 Å². The van der Waals surface area contributed by atoms with E-state index in [1.165, 1.54) is 6.07 Å². The molecule has 1 aliphatic heterocycles. The molecule has 2 aliphatic rings. The number of rotatable bonds is 5. The molecule has 0 spiro atoms. The van der Waals surface area contributed by atoms with E-state index in [0.717, 1.165) is 48.8 Å². The predicted molar refractivity (Wildman–Crippen MR) is 131 cm³/mol. The first kappa shape index (κ1) is 23.5. The summed E-state index contributed by atoms with van der Waals surface area (Å²) in [5, 5.41) is 8.29. The van der Waals surface area contributed by atoms with E-state index in [4.69, 9.17) is 15.9 Å². The molecule has 1 aliphatic carbocycles. The van der Waals surface area contributed by atoms with Crippen LogP contribution in [0.25, 0.3) is 11.1 Å². The van der Waals surface area contributed by atoms with Crippen molar-refractivity contribution in [1.29, 1.82) is 5.41 Å². The average molecular weight is 478 g/mol. The van der Waals surface area contributed by atoms with Gasteiger partial charge in [0.05, 0.1) is 24.6 Å². The zero-order valence-corrected chi connectivity index (χ0v) is 20.3. The first-order chi connectivity index (χ1) is 16.8. The largest absolute Gasteiger partial charge is 0.491 e. The third-order valence-electron chi connectivity index (χ3n) is 7.49. The monoisotopic (exact) mass is 477 g/mol. The lowest BCUT2D eigenvalue weighted by Gasteiger charge is -2.32. The van der Waals surface area contributed by atoms with Crippen molar-refractivity contribution < 1.29 is 13.9 Å². The lowest BCUT2D eigenvalue weighted by atomic mass is 9.78. The van der Waals surface area contributed by atoms with E-state index in [1.54, 1.807) is 17.6 Å². The third-order valence-corrected chi connectivity index (χ3v) is 7.49. The summed E-state index contributed by atoms with van der Waals surface area (Å²) in [6.45, 7) is 2.54. The number of aryl methyl sites for hydroxylation is 2. The molecule has 1 fully saturated rings. The van der Waals surface area contributed by atoms with Crippen LogP contribution < -0.4 is 16.1 Å². The van der Waals surface area contributed by atoms with E-state index in [2.05, 4.69) is 4.98 Å². The smallest absolute Gasteiger partial charge is 0.213 e. The number of pyridine rings is 1. The highest BCUT2D eigenvalue weighted by Gasteiger charge is 2.34. The van der Waals surface area contributed by atoms with Gasteiger partial charge in [-0.3, -0.25) is 10.2 Å². The van der Waals surface area contributed by atoms with Crippen LogP contribution in [0.3, 0.4) is 0 Å². The number of carbonyl (C=O) groups excluding carboxylic acids is 1. The number of carbonyl (C=O) groups is 1. The van der Waals surface area contributed by atoms with Crippen LogP contribution in [-0.2, 0) is 13.6 Å². The fourth-order valence-corrected chi connectivity index (χ4v) is 5.46. The Labute approximate surface area is 204 Å². The SMILES string of the molecule is Cc1nc(F)ccc1-c1cc(Cn2ccn(C)c2=N)cc2c1OC[C@H](CC1CCC(N)CC1)C2=O. The zero-order valence-electron chi connectivity index (χ0n) is 20.3. The minimum absolute atomic E-state index is 0.0982. The molecule has 1 aromatic carbocycles. The predicted octanol–water partition coefficient (Wildman–Crippen LogP) is 3.96. The maximum absolute atomic E-state index is 13.7. The highest BCUT2D eigenvalue weighted by atomic mass is 19.1. The Morgan fingerprint density at radius 2 is 1.89 bits per heavy atom. The van der Waals surface area contributed by atoms with E-state index in [9.17, 15) is 9.18 Å². The van der Waals surface area contributed by atoms with Gasteiger partial charge in [-0.2, -0.15) is 4.39 Å². The number of ketones is 1. The van der Waals surface area contributed by atoms with Crippen molar-refractivity contribution in [2.75, 3.05) is 6.61 Å². The molecule has 0 saturated heterocycles. The molecule has 1 atom stereocenters. The number of benzene rings is 1. The van der Waals surface area contributed by atoms with E-state index in [1.807, 2.05) is 36.1 Å². The van der Waals surface area contributed by atoms with Gasteiger partial charge >= 0.3 is 0 Å². The molecule has 3 N–H and O–H groups in total. The van der Waals surface area contributed by atoms with Crippen LogP contribution in [0.5, 0.6) is 5.75 Å².